The summed E-state index contributed by atoms with van der Waals surface area (Å²) in [7, 11) is 1.89. The monoisotopic (exact) mass is 325 g/mol. The van der Waals surface area contributed by atoms with Gasteiger partial charge in [-0.1, -0.05) is 24.3 Å². The summed E-state index contributed by atoms with van der Waals surface area (Å²) >= 11 is 0. The molecule has 4 rings (SSSR count). The average Bonchev–Trinajstić information content (AvgIpc) is 3.22. The third-order valence-electron chi connectivity index (χ3n) is 5.21. The maximum atomic E-state index is 12.6. The molecule has 1 aliphatic heterocycles. The zero-order valence-electron chi connectivity index (χ0n) is 14.0. The number of amides is 2. The highest BCUT2D eigenvalue weighted by atomic mass is 16.2. The number of hydrogen-bond donors (Lipinski definition) is 1. The fourth-order valence-electron chi connectivity index (χ4n) is 3.89. The van der Waals surface area contributed by atoms with E-state index in [1.54, 1.807) is 0 Å². The van der Waals surface area contributed by atoms with E-state index in [1.165, 1.54) is 11.1 Å². The Labute approximate surface area is 141 Å². The largest absolute Gasteiger partial charge is 0.331 e. The summed E-state index contributed by atoms with van der Waals surface area (Å²) in [6, 6.07) is 8.56. The summed E-state index contributed by atoms with van der Waals surface area (Å²) in [5.41, 5.74) is 2.65. The molecular formula is C18H23N5O. The number of aromatic nitrogens is 3. The molecule has 0 bridgehead atoms. The highest BCUT2D eigenvalue weighted by Crippen LogP contribution is 2.33. The molecule has 2 aromatic rings. The van der Waals surface area contributed by atoms with E-state index >= 15 is 0 Å². The molecule has 1 aromatic heterocycles. The Morgan fingerprint density at radius 3 is 3.08 bits per heavy atom. The van der Waals surface area contributed by atoms with Gasteiger partial charge in [-0.2, -0.15) is 0 Å². The van der Waals surface area contributed by atoms with Crippen LogP contribution in [0.4, 0.5) is 4.79 Å². The van der Waals surface area contributed by atoms with Crippen molar-refractivity contribution in [3.05, 3.63) is 47.0 Å². The van der Waals surface area contributed by atoms with Gasteiger partial charge in [0.2, 0.25) is 0 Å². The number of aryl methyl sites for hydroxylation is 2. The highest BCUT2D eigenvalue weighted by molar-refractivity contribution is 5.74. The Balaban J connectivity index is 1.43. The molecule has 2 heterocycles. The van der Waals surface area contributed by atoms with Crippen LogP contribution >= 0.6 is 0 Å². The molecule has 0 radical (unpaired) electrons. The van der Waals surface area contributed by atoms with Crippen molar-refractivity contribution < 1.29 is 4.79 Å². The Bertz CT molecular complexity index is 754. The first-order chi connectivity index (χ1) is 11.7. The third-order valence-corrected chi connectivity index (χ3v) is 5.21. The number of hydrogen-bond acceptors (Lipinski definition) is 3. The zero-order chi connectivity index (χ0) is 16.5. The van der Waals surface area contributed by atoms with Gasteiger partial charge in [0.05, 0.1) is 12.6 Å². The van der Waals surface area contributed by atoms with Gasteiger partial charge in [0.1, 0.15) is 5.82 Å². The number of nitrogens with zero attached hydrogens (tertiary/aromatic N) is 4. The molecule has 0 unspecified atom stereocenters. The van der Waals surface area contributed by atoms with Crippen LogP contribution in [0.15, 0.2) is 24.3 Å². The summed E-state index contributed by atoms with van der Waals surface area (Å²) in [6.45, 7) is 1.39. The zero-order valence-corrected chi connectivity index (χ0v) is 14.0. The van der Waals surface area contributed by atoms with Crippen LogP contribution in [-0.2, 0) is 25.9 Å². The quantitative estimate of drug-likeness (QED) is 0.943. The molecule has 2 aliphatic rings. The maximum absolute atomic E-state index is 12.6. The van der Waals surface area contributed by atoms with E-state index in [4.69, 9.17) is 0 Å². The second-order valence-electron chi connectivity index (χ2n) is 6.66. The molecule has 24 heavy (non-hydrogen) atoms. The SMILES string of the molecule is CN(C(=O)NCc1nnc2n1CCC2)[C@H]1CCCc2ccccc21. The van der Waals surface area contributed by atoms with Crippen molar-refractivity contribution in [3.8, 4) is 0 Å². The van der Waals surface area contributed by atoms with Crippen LogP contribution in [0.1, 0.15) is 48.1 Å². The van der Waals surface area contributed by atoms with Gasteiger partial charge in [0, 0.05) is 20.0 Å². The van der Waals surface area contributed by atoms with Gasteiger partial charge in [-0.3, -0.25) is 0 Å². The van der Waals surface area contributed by atoms with Crippen LogP contribution in [-0.4, -0.2) is 32.7 Å². The molecule has 6 heteroatoms. The maximum Gasteiger partial charge on any atom is 0.318 e. The molecule has 0 saturated heterocycles. The molecular weight excluding hydrogens is 302 g/mol. The first kappa shape index (κ1) is 15.2. The number of nitrogens with one attached hydrogen (secondary N) is 1. The molecule has 1 aliphatic carbocycles. The lowest BCUT2D eigenvalue weighted by Crippen LogP contribution is -2.40. The van der Waals surface area contributed by atoms with Crippen LogP contribution in [0.5, 0.6) is 0 Å². The molecule has 6 nitrogen and oxygen atoms in total. The molecule has 0 spiro atoms. The number of carbonyl (C=O) groups excluding carboxylic acids is 1. The number of benzene rings is 1. The summed E-state index contributed by atoms with van der Waals surface area (Å²) in [6.07, 6.45) is 5.34. The smallest absolute Gasteiger partial charge is 0.318 e. The number of urea groups is 1. The summed E-state index contributed by atoms with van der Waals surface area (Å²) < 4.78 is 2.12. The molecule has 2 amide bonds. The van der Waals surface area contributed by atoms with Crippen molar-refractivity contribution in [2.24, 2.45) is 0 Å². The van der Waals surface area contributed by atoms with Crippen molar-refractivity contribution in [1.82, 2.24) is 25.0 Å². The molecule has 0 saturated carbocycles. The van der Waals surface area contributed by atoms with Gasteiger partial charge in [-0.05, 0) is 36.8 Å². The van der Waals surface area contributed by atoms with Crippen molar-refractivity contribution in [2.45, 2.75) is 51.2 Å². The first-order valence-corrected chi connectivity index (χ1v) is 8.73. The Hall–Kier alpha value is -2.37. The second-order valence-corrected chi connectivity index (χ2v) is 6.66. The molecule has 0 fully saturated rings. The van der Waals surface area contributed by atoms with Gasteiger partial charge in [-0.25, -0.2) is 4.79 Å². The van der Waals surface area contributed by atoms with Crippen LogP contribution < -0.4 is 5.32 Å². The predicted octanol–water partition coefficient (Wildman–Crippen LogP) is 2.44. The fourth-order valence-corrected chi connectivity index (χ4v) is 3.89. The Morgan fingerprint density at radius 1 is 1.29 bits per heavy atom. The minimum Gasteiger partial charge on any atom is -0.331 e. The lowest BCUT2D eigenvalue weighted by atomic mass is 9.87. The molecule has 1 atom stereocenters. The first-order valence-electron chi connectivity index (χ1n) is 8.73. The van der Waals surface area contributed by atoms with Crippen molar-refractivity contribution in [3.63, 3.8) is 0 Å². The van der Waals surface area contributed by atoms with Gasteiger partial charge in [0.25, 0.3) is 0 Å². The van der Waals surface area contributed by atoms with Gasteiger partial charge in [0.15, 0.2) is 5.82 Å². The van der Waals surface area contributed by atoms with E-state index in [9.17, 15) is 4.79 Å². The number of carbonyl (C=O) groups is 1. The summed E-state index contributed by atoms with van der Waals surface area (Å²) in [5.74, 6) is 1.89. The third kappa shape index (κ3) is 2.66. The van der Waals surface area contributed by atoms with Crippen LogP contribution in [0.25, 0.3) is 0 Å². The number of rotatable bonds is 3. The van der Waals surface area contributed by atoms with E-state index in [0.29, 0.717) is 6.54 Å². The van der Waals surface area contributed by atoms with Crippen molar-refractivity contribution in [1.29, 1.82) is 0 Å². The molecule has 1 N–H and O–H groups in total. The van der Waals surface area contributed by atoms with Crippen LogP contribution in [0.2, 0.25) is 0 Å². The predicted molar refractivity (Wildman–Crippen MR) is 90.5 cm³/mol. The summed E-state index contributed by atoms with van der Waals surface area (Å²) in [5, 5.41) is 11.4. The minimum atomic E-state index is -0.0490. The van der Waals surface area contributed by atoms with E-state index in [-0.39, 0.29) is 12.1 Å². The second kappa shape index (κ2) is 6.26. The topological polar surface area (TPSA) is 63.1 Å². The standard InChI is InChI=1S/C18H23N5O/c1-22(15-9-4-7-13-6-2-3-8-14(13)15)18(24)19-12-17-21-20-16-10-5-11-23(16)17/h2-3,6,8,15H,4-5,7,9-12H2,1H3,(H,19,24)/t15-/m0/s1. The van der Waals surface area contributed by atoms with Crippen LogP contribution in [0.3, 0.4) is 0 Å². The van der Waals surface area contributed by atoms with Crippen molar-refractivity contribution >= 4 is 6.03 Å². The van der Waals surface area contributed by atoms with Crippen LogP contribution in [0, 0.1) is 0 Å². The molecule has 1 aromatic carbocycles. The van der Waals surface area contributed by atoms with Gasteiger partial charge < -0.3 is 14.8 Å². The van der Waals surface area contributed by atoms with E-state index in [0.717, 1.165) is 50.3 Å². The summed E-state index contributed by atoms with van der Waals surface area (Å²) in [4.78, 5) is 14.4. The number of fused-ring (bicyclic) bond motifs is 2. The normalized spacial score (nSPS) is 18.8. The minimum absolute atomic E-state index is 0.0490. The van der Waals surface area contributed by atoms with E-state index < -0.39 is 0 Å². The lowest BCUT2D eigenvalue weighted by molar-refractivity contribution is 0.183. The Morgan fingerprint density at radius 2 is 2.17 bits per heavy atom. The Kier molecular flexibility index (Phi) is 3.96. The fraction of sp³-hybridized carbons (Fsp3) is 0.500. The highest BCUT2D eigenvalue weighted by Gasteiger charge is 2.26. The average molecular weight is 325 g/mol. The van der Waals surface area contributed by atoms with Crippen molar-refractivity contribution in [2.75, 3.05) is 7.05 Å². The van der Waals surface area contributed by atoms with E-state index in [1.807, 2.05) is 11.9 Å². The molecule has 126 valence electrons. The van der Waals surface area contributed by atoms with Gasteiger partial charge in [-0.15, -0.1) is 10.2 Å². The van der Waals surface area contributed by atoms with Gasteiger partial charge >= 0.3 is 6.03 Å². The van der Waals surface area contributed by atoms with E-state index in [2.05, 4.69) is 44.3 Å². The lowest BCUT2D eigenvalue weighted by Gasteiger charge is -2.33.